The first-order chi connectivity index (χ1) is 9.56. The summed E-state index contributed by atoms with van der Waals surface area (Å²) in [6, 6.07) is 3.39. The van der Waals surface area contributed by atoms with Crippen molar-refractivity contribution in [3.05, 3.63) is 23.8 Å². The number of nitrogens with one attached hydrogen (secondary N) is 2. The average Bonchev–Trinajstić information content (AvgIpc) is 2.34. The van der Waals surface area contributed by atoms with E-state index in [0.717, 1.165) is 18.4 Å². The number of carbonyl (C=O) groups excluding carboxylic acids is 1. The molecule has 0 aliphatic heterocycles. The van der Waals surface area contributed by atoms with Crippen LogP contribution in [0.25, 0.3) is 0 Å². The molecular weight excluding hydrogens is 260 g/mol. The minimum Gasteiger partial charge on any atom is -0.506 e. The summed E-state index contributed by atoms with van der Waals surface area (Å²) >= 11 is 0. The number of anilines is 1. The quantitative estimate of drug-likeness (QED) is 0.621. The number of carboxylic acids is 1. The predicted octanol–water partition coefficient (Wildman–Crippen LogP) is 2.40. The molecule has 1 aliphatic rings. The molecule has 20 heavy (non-hydrogen) atoms. The van der Waals surface area contributed by atoms with Gasteiger partial charge in [-0.1, -0.05) is 19.3 Å². The molecule has 1 saturated carbocycles. The zero-order valence-electron chi connectivity index (χ0n) is 11.1. The van der Waals surface area contributed by atoms with Crippen LogP contribution in [0.5, 0.6) is 5.75 Å². The Morgan fingerprint density at radius 3 is 2.60 bits per heavy atom. The number of aromatic carboxylic acids is 1. The number of carbonyl (C=O) groups is 2. The standard InChI is InChI=1S/C14H18N2O4/c17-12-8-10(13(18)19)4-5-11(12)16-14(20)15-7-6-9-2-1-3-9/h4-5,8-9,17H,1-3,6-7H2,(H,18,19)(H2,15,16,20). The predicted molar refractivity (Wildman–Crippen MR) is 74.0 cm³/mol. The number of rotatable bonds is 5. The zero-order chi connectivity index (χ0) is 14.5. The van der Waals surface area contributed by atoms with Gasteiger partial charge in [-0.2, -0.15) is 0 Å². The van der Waals surface area contributed by atoms with Crippen molar-refractivity contribution in [2.45, 2.75) is 25.7 Å². The largest absolute Gasteiger partial charge is 0.506 e. The topological polar surface area (TPSA) is 98.7 Å². The van der Waals surface area contributed by atoms with Crippen LogP contribution in [0.3, 0.4) is 0 Å². The third-order valence-corrected chi connectivity index (χ3v) is 3.56. The number of amides is 2. The maximum Gasteiger partial charge on any atom is 0.335 e. The van der Waals surface area contributed by atoms with Gasteiger partial charge < -0.3 is 20.8 Å². The molecule has 0 unspecified atom stereocenters. The average molecular weight is 278 g/mol. The van der Waals surface area contributed by atoms with Crippen LogP contribution in [-0.4, -0.2) is 28.8 Å². The molecule has 6 heteroatoms. The second-order valence-electron chi connectivity index (χ2n) is 5.00. The van der Waals surface area contributed by atoms with Crippen molar-refractivity contribution >= 4 is 17.7 Å². The maximum atomic E-state index is 11.6. The summed E-state index contributed by atoms with van der Waals surface area (Å²) in [6.07, 6.45) is 4.72. The van der Waals surface area contributed by atoms with Gasteiger partial charge in [0.25, 0.3) is 0 Å². The van der Waals surface area contributed by atoms with E-state index in [4.69, 9.17) is 5.11 Å². The number of aromatic hydroxyl groups is 1. The van der Waals surface area contributed by atoms with Gasteiger partial charge in [0.15, 0.2) is 0 Å². The maximum absolute atomic E-state index is 11.6. The van der Waals surface area contributed by atoms with E-state index in [9.17, 15) is 14.7 Å². The monoisotopic (exact) mass is 278 g/mol. The number of hydrogen-bond acceptors (Lipinski definition) is 3. The Hall–Kier alpha value is -2.24. The highest BCUT2D eigenvalue weighted by Gasteiger charge is 2.17. The van der Waals surface area contributed by atoms with Crippen LogP contribution in [0, 0.1) is 5.92 Å². The number of urea groups is 1. The van der Waals surface area contributed by atoms with Crippen LogP contribution in [0.15, 0.2) is 18.2 Å². The fourth-order valence-electron chi connectivity index (χ4n) is 2.11. The van der Waals surface area contributed by atoms with Gasteiger partial charge in [0, 0.05) is 6.54 Å². The van der Waals surface area contributed by atoms with Crippen LogP contribution >= 0.6 is 0 Å². The van der Waals surface area contributed by atoms with E-state index >= 15 is 0 Å². The number of phenolic OH excluding ortho intramolecular Hbond substituents is 1. The number of benzene rings is 1. The van der Waals surface area contributed by atoms with E-state index in [1.54, 1.807) is 0 Å². The minimum absolute atomic E-state index is 0.0292. The molecule has 0 spiro atoms. The Balaban J connectivity index is 1.82. The first kappa shape index (κ1) is 14.2. The summed E-state index contributed by atoms with van der Waals surface area (Å²) in [6.45, 7) is 0.602. The number of hydrogen-bond donors (Lipinski definition) is 4. The van der Waals surface area contributed by atoms with E-state index in [2.05, 4.69) is 10.6 Å². The summed E-state index contributed by atoms with van der Waals surface area (Å²) in [5.74, 6) is -0.672. The highest BCUT2D eigenvalue weighted by Crippen LogP contribution is 2.28. The fraction of sp³-hybridized carbons (Fsp3) is 0.429. The van der Waals surface area contributed by atoms with Crippen LogP contribution < -0.4 is 10.6 Å². The lowest BCUT2D eigenvalue weighted by Crippen LogP contribution is -2.31. The summed E-state index contributed by atoms with van der Waals surface area (Å²) in [5, 5.41) is 23.6. The van der Waals surface area contributed by atoms with Crippen molar-refractivity contribution in [1.29, 1.82) is 0 Å². The molecule has 2 rings (SSSR count). The van der Waals surface area contributed by atoms with E-state index in [0.29, 0.717) is 6.54 Å². The van der Waals surface area contributed by atoms with Crippen LogP contribution in [0.1, 0.15) is 36.0 Å². The second-order valence-corrected chi connectivity index (χ2v) is 5.00. The molecule has 2 amide bonds. The minimum atomic E-state index is -1.13. The Labute approximate surface area is 116 Å². The summed E-state index contributed by atoms with van der Waals surface area (Å²) in [4.78, 5) is 22.3. The third-order valence-electron chi connectivity index (χ3n) is 3.56. The van der Waals surface area contributed by atoms with E-state index in [-0.39, 0.29) is 17.0 Å². The molecule has 0 aromatic heterocycles. The second kappa shape index (κ2) is 6.27. The van der Waals surface area contributed by atoms with Gasteiger partial charge in [-0.3, -0.25) is 0 Å². The molecule has 1 aromatic carbocycles. The van der Waals surface area contributed by atoms with Crippen molar-refractivity contribution in [1.82, 2.24) is 5.32 Å². The molecule has 0 bridgehead atoms. The van der Waals surface area contributed by atoms with Crippen LogP contribution in [-0.2, 0) is 0 Å². The van der Waals surface area contributed by atoms with Crippen molar-refractivity contribution in [2.24, 2.45) is 5.92 Å². The molecule has 0 heterocycles. The third kappa shape index (κ3) is 3.63. The van der Waals surface area contributed by atoms with Crippen LogP contribution in [0.4, 0.5) is 10.5 Å². The molecule has 0 radical (unpaired) electrons. The molecule has 0 atom stereocenters. The lowest BCUT2D eigenvalue weighted by molar-refractivity contribution is 0.0696. The van der Waals surface area contributed by atoms with Gasteiger partial charge >= 0.3 is 12.0 Å². The van der Waals surface area contributed by atoms with E-state index < -0.39 is 12.0 Å². The first-order valence-corrected chi connectivity index (χ1v) is 6.67. The molecule has 1 aliphatic carbocycles. The molecule has 1 fully saturated rings. The van der Waals surface area contributed by atoms with E-state index in [1.165, 1.54) is 31.4 Å². The van der Waals surface area contributed by atoms with Gasteiger partial charge in [-0.15, -0.1) is 0 Å². The Morgan fingerprint density at radius 1 is 1.30 bits per heavy atom. The first-order valence-electron chi connectivity index (χ1n) is 6.67. The van der Waals surface area contributed by atoms with Crippen molar-refractivity contribution < 1.29 is 19.8 Å². The molecule has 108 valence electrons. The van der Waals surface area contributed by atoms with Crippen LogP contribution in [0.2, 0.25) is 0 Å². The molecule has 1 aromatic rings. The smallest absolute Gasteiger partial charge is 0.335 e. The van der Waals surface area contributed by atoms with E-state index in [1.807, 2.05) is 0 Å². The Morgan fingerprint density at radius 2 is 2.05 bits per heavy atom. The van der Waals surface area contributed by atoms with Crippen molar-refractivity contribution in [3.63, 3.8) is 0 Å². The Bertz CT molecular complexity index is 512. The highest BCUT2D eigenvalue weighted by molar-refractivity contribution is 5.93. The molecule has 6 nitrogen and oxygen atoms in total. The zero-order valence-corrected chi connectivity index (χ0v) is 11.1. The lowest BCUT2D eigenvalue weighted by Gasteiger charge is -2.25. The van der Waals surface area contributed by atoms with Gasteiger partial charge in [0.1, 0.15) is 5.75 Å². The number of carboxylic acid groups (broad SMARTS) is 1. The van der Waals surface area contributed by atoms with Crippen molar-refractivity contribution in [2.75, 3.05) is 11.9 Å². The number of phenols is 1. The SMILES string of the molecule is O=C(NCCC1CCC1)Nc1ccc(C(=O)O)cc1O. The van der Waals surface area contributed by atoms with Gasteiger partial charge in [0.2, 0.25) is 0 Å². The van der Waals surface area contributed by atoms with Gasteiger partial charge in [0.05, 0.1) is 11.3 Å². The normalized spacial score (nSPS) is 14.4. The highest BCUT2D eigenvalue weighted by atomic mass is 16.4. The lowest BCUT2D eigenvalue weighted by atomic mass is 9.83. The summed E-state index contributed by atoms with van der Waals surface area (Å²) < 4.78 is 0. The summed E-state index contributed by atoms with van der Waals surface area (Å²) in [7, 11) is 0. The fourth-order valence-corrected chi connectivity index (χ4v) is 2.11. The molecule has 0 saturated heterocycles. The van der Waals surface area contributed by atoms with Gasteiger partial charge in [-0.25, -0.2) is 9.59 Å². The van der Waals surface area contributed by atoms with Crippen molar-refractivity contribution in [3.8, 4) is 5.75 Å². The summed E-state index contributed by atoms with van der Waals surface area (Å²) in [5.41, 5.74) is 0.162. The molecule has 4 N–H and O–H groups in total. The van der Waals surface area contributed by atoms with Gasteiger partial charge in [-0.05, 0) is 30.5 Å². The Kier molecular flexibility index (Phi) is 4.45. The molecular formula is C14H18N2O4.